The molecule has 4 nitrogen and oxygen atoms in total. The summed E-state index contributed by atoms with van der Waals surface area (Å²) in [6, 6.07) is 0. The normalized spacial score (nSPS) is 19.8. The minimum atomic E-state index is -1.30. The first-order chi connectivity index (χ1) is 10.8. The number of hydrogen-bond acceptors (Lipinski definition) is 4. The maximum Gasteiger partial charge on any atom is 1.00 e. The first-order valence-corrected chi connectivity index (χ1v) is 8.20. The van der Waals surface area contributed by atoms with Crippen molar-refractivity contribution in [2.75, 3.05) is 0 Å². The van der Waals surface area contributed by atoms with Crippen LogP contribution in [0.1, 0.15) is 59.3 Å². The van der Waals surface area contributed by atoms with Crippen molar-refractivity contribution in [3.63, 3.8) is 0 Å². The molecule has 1 aliphatic rings. The molecule has 128 valence electrons. The van der Waals surface area contributed by atoms with Crippen molar-refractivity contribution in [2.24, 2.45) is 11.8 Å². The smallest absolute Gasteiger partial charge is 0.550 e. The second-order valence-electron chi connectivity index (χ2n) is 6.56. The number of rotatable bonds is 8. The van der Waals surface area contributed by atoms with E-state index in [0.717, 1.165) is 31.3 Å². The van der Waals surface area contributed by atoms with Gasteiger partial charge in [-0.2, -0.15) is 0 Å². The number of allylic oxidation sites excluding steroid dienone is 6. The Bertz CT molecular complexity index is 532. The van der Waals surface area contributed by atoms with Crippen molar-refractivity contribution in [1.29, 1.82) is 0 Å². The first-order valence-electron chi connectivity index (χ1n) is 8.20. The summed E-state index contributed by atoms with van der Waals surface area (Å²) in [5.74, 6) is -4.53. The van der Waals surface area contributed by atoms with Crippen molar-refractivity contribution in [1.82, 2.24) is 0 Å². The van der Waals surface area contributed by atoms with Crippen LogP contribution in [-0.2, 0) is 9.59 Å². The van der Waals surface area contributed by atoms with E-state index in [-0.39, 0.29) is 72.0 Å². The molecule has 0 amide bonds. The molecular weight excluding hydrogens is 338 g/mol. The summed E-state index contributed by atoms with van der Waals surface area (Å²) in [4.78, 5) is 22.1. The van der Waals surface area contributed by atoms with Gasteiger partial charge < -0.3 is 19.8 Å². The molecule has 0 saturated carbocycles. The Morgan fingerprint density at radius 3 is 2.16 bits per heavy atom. The molecule has 0 aliphatic heterocycles. The fourth-order valence-corrected chi connectivity index (χ4v) is 2.87. The number of carboxylic acid groups (broad SMARTS) is 2. The van der Waals surface area contributed by atoms with E-state index in [2.05, 4.69) is 32.9 Å². The second kappa shape index (κ2) is 14.2. The van der Waals surface area contributed by atoms with E-state index in [1.165, 1.54) is 11.1 Å². The zero-order valence-electron chi connectivity index (χ0n) is 16.3. The van der Waals surface area contributed by atoms with Crippen LogP contribution in [0.25, 0.3) is 0 Å². The molecule has 0 heterocycles. The standard InChI is InChI=1S/C19H28O4.2Na/c1-13(2)6-4-7-14(3)8-5-9-15-10-11-16(18(20)21)17(12-15)19(22)23;;/h6,8,10,16-17H,4-5,7,9,11-12H2,1-3H3,(H,20,21)(H,22,23);;/q;2*+1/p-2. The molecule has 0 aromatic rings. The van der Waals surface area contributed by atoms with Crippen LogP contribution in [0.2, 0.25) is 0 Å². The summed E-state index contributed by atoms with van der Waals surface area (Å²) < 4.78 is 0. The van der Waals surface area contributed by atoms with E-state index >= 15 is 0 Å². The summed E-state index contributed by atoms with van der Waals surface area (Å²) in [5.41, 5.74) is 3.65. The Labute approximate surface area is 195 Å². The molecule has 0 aromatic heterocycles. The average molecular weight is 364 g/mol. The number of carbonyl (C=O) groups excluding carboxylic acids is 2. The predicted octanol–water partition coefficient (Wildman–Crippen LogP) is -4.08. The quantitative estimate of drug-likeness (QED) is 0.324. The SMILES string of the molecule is CC(C)=CCCC(C)=CCCC1=CCC(C(=O)[O-])C(C(=O)[O-])C1.[Na+].[Na+]. The first kappa shape index (κ1) is 27.4. The van der Waals surface area contributed by atoms with Crippen molar-refractivity contribution < 1.29 is 78.9 Å². The third-order valence-electron chi connectivity index (χ3n) is 4.28. The zero-order chi connectivity index (χ0) is 17.4. The van der Waals surface area contributed by atoms with E-state index in [4.69, 9.17) is 0 Å². The Morgan fingerprint density at radius 2 is 1.64 bits per heavy atom. The van der Waals surface area contributed by atoms with Crippen LogP contribution in [0.3, 0.4) is 0 Å². The summed E-state index contributed by atoms with van der Waals surface area (Å²) in [5, 5.41) is 22.1. The Morgan fingerprint density at radius 1 is 1.04 bits per heavy atom. The van der Waals surface area contributed by atoms with Crippen molar-refractivity contribution in [3.05, 3.63) is 34.9 Å². The van der Waals surface area contributed by atoms with Gasteiger partial charge in [0.1, 0.15) is 0 Å². The largest absolute Gasteiger partial charge is 1.00 e. The molecule has 1 rings (SSSR count). The molecular formula is C19H26Na2O4. The zero-order valence-corrected chi connectivity index (χ0v) is 20.3. The van der Waals surface area contributed by atoms with Gasteiger partial charge in [-0.15, -0.1) is 0 Å². The van der Waals surface area contributed by atoms with Crippen molar-refractivity contribution in [2.45, 2.75) is 59.3 Å². The van der Waals surface area contributed by atoms with E-state index < -0.39 is 23.8 Å². The molecule has 25 heavy (non-hydrogen) atoms. The Kier molecular flexibility index (Phi) is 15.6. The van der Waals surface area contributed by atoms with Gasteiger partial charge in [0.25, 0.3) is 0 Å². The van der Waals surface area contributed by atoms with Gasteiger partial charge in [-0.05, 0) is 59.3 Å². The molecule has 0 spiro atoms. The minimum absolute atomic E-state index is 0. The summed E-state index contributed by atoms with van der Waals surface area (Å²) in [6.07, 6.45) is 10.4. The van der Waals surface area contributed by atoms with E-state index in [1.54, 1.807) is 0 Å². The summed E-state index contributed by atoms with van der Waals surface area (Å²) >= 11 is 0. The predicted molar refractivity (Wildman–Crippen MR) is 86.0 cm³/mol. The average Bonchev–Trinajstić information content (AvgIpc) is 2.46. The van der Waals surface area contributed by atoms with Crippen molar-refractivity contribution in [3.8, 4) is 0 Å². The molecule has 0 radical (unpaired) electrons. The monoisotopic (exact) mass is 364 g/mol. The van der Waals surface area contributed by atoms with Crippen LogP contribution >= 0.6 is 0 Å². The van der Waals surface area contributed by atoms with Gasteiger partial charge >= 0.3 is 59.1 Å². The van der Waals surface area contributed by atoms with Gasteiger partial charge in [-0.25, -0.2) is 0 Å². The molecule has 0 saturated heterocycles. The number of carboxylic acids is 2. The maximum atomic E-state index is 11.1. The van der Waals surface area contributed by atoms with E-state index in [1.807, 2.05) is 6.08 Å². The van der Waals surface area contributed by atoms with Gasteiger partial charge in [0.05, 0.1) is 0 Å². The molecule has 1 aliphatic carbocycles. The maximum absolute atomic E-state index is 11.1. The Balaban J connectivity index is 0. The van der Waals surface area contributed by atoms with Crippen LogP contribution in [0.15, 0.2) is 34.9 Å². The van der Waals surface area contributed by atoms with Crippen molar-refractivity contribution >= 4 is 11.9 Å². The third kappa shape index (κ3) is 10.8. The molecule has 2 unspecified atom stereocenters. The Hall–Kier alpha value is 0.160. The fraction of sp³-hybridized carbons (Fsp3) is 0.579. The molecule has 0 fully saturated rings. The van der Waals surface area contributed by atoms with Gasteiger partial charge in [-0.1, -0.05) is 34.9 Å². The van der Waals surface area contributed by atoms with Crippen LogP contribution in [0, 0.1) is 11.8 Å². The molecule has 0 bridgehead atoms. The van der Waals surface area contributed by atoms with Crippen LogP contribution in [0.5, 0.6) is 0 Å². The van der Waals surface area contributed by atoms with Gasteiger partial charge in [0.15, 0.2) is 0 Å². The summed E-state index contributed by atoms with van der Waals surface area (Å²) in [7, 11) is 0. The number of hydrogen-bond donors (Lipinski definition) is 0. The third-order valence-corrected chi connectivity index (χ3v) is 4.28. The fourth-order valence-electron chi connectivity index (χ4n) is 2.87. The summed E-state index contributed by atoms with van der Waals surface area (Å²) in [6.45, 7) is 6.27. The topological polar surface area (TPSA) is 80.3 Å². The molecule has 0 N–H and O–H groups in total. The van der Waals surface area contributed by atoms with Crippen LogP contribution in [0.4, 0.5) is 0 Å². The van der Waals surface area contributed by atoms with E-state index in [0.29, 0.717) is 0 Å². The minimum Gasteiger partial charge on any atom is -0.550 e. The number of aliphatic carboxylic acids is 2. The van der Waals surface area contributed by atoms with Gasteiger partial charge in [-0.3, -0.25) is 0 Å². The molecule has 6 heteroatoms. The number of carbonyl (C=O) groups is 2. The van der Waals surface area contributed by atoms with Crippen LogP contribution < -0.4 is 69.3 Å². The molecule has 0 aromatic carbocycles. The van der Waals surface area contributed by atoms with Gasteiger partial charge in [0, 0.05) is 23.8 Å². The van der Waals surface area contributed by atoms with Crippen LogP contribution in [-0.4, -0.2) is 11.9 Å². The second-order valence-corrected chi connectivity index (χ2v) is 6.56. The molecule has 2 atom stereocenters. The van der Waals surface area contributed by atoms with Gasteiger partial charge in [0.2, 0.25) is 0 Å². The van der Waals surface area contributed by atoms with E-state index in [9.17, 15) is 19.8 Å².